The Balaban J connectivity index is 2.04. The van der Waals surface area contributed by atoms with E-state index in [1.54, 1.807) is 25.1 Å². The number of hydrogen-bond donors (Lipinski definition) is 1. The van der Waals surface area contributed by atoms with Crippen LogP contribution < -0.4 is 14.4 Å². The molecule has 2 atom stereocenters. The van der Waals surface area contributed by atoms with E-state index in [9.17, 15) is 18.0 Å². The van der Waals surface area contributed by atoms with Gasteiger partial charge in [0.1, 0.15) is 18.3 Å². The monoisotopic (exact) mass is 649 g/mol. The Morgan fingerprint density at radius 2 is 1.68 bits per heavy atom. The fraction of sp³-hybridized carbons (Fsp3) is 0.310. The number of nitrogens with zero attached hydrogens (tertiary/aromatic N) is 2. The summed E-state index contributed by atoms with van der Waals surface area (Å²) in [5.74, 6) is -0.521. The summed E-state index contributed by atoms with van der Waals surface area (Å²) >= 11 is 9.75. The molecule has 0 fully saturated rings. The predicted octanol–water partition coefficient (Wildman–Crippen LogP) is 5.64. The molecule has 3 rings (SSSR count). The third kappa shape index (κ3) is 7.77. The van der Waals surface area contributed by atoms with Crippen LogP contribution >= 0.6 is 27.5 Å². The summed E-state index contributed by atoms with van der Waals surface area (Å²) in [7, 11) is -2.73. The number of carbonyl (C=O) groups is 2. The first kappa shape index (κ1) is 31.4. The number of methoxy groups -OCH3 is 1. The molecular weight excluding hydrogens is 618 g/mol. The summed E-state index contributed by atoms with van der Waals surface area (Å²) in [6.07, 6.45) is 0.723. The Bertz CT molecular complexity index is 1420. The van der Waals surface area contributed by atoms with Crippen LogP contribution in [0.2, 0.25) is 5.02 Å². The average Bonchev–Trinajstić information content (AvgIpc) is 2.95. The van der Waals surface area contributed by atoms with Gasteiger partial charge in [-0.25, -0.2) is 8.42 Å². The first-order valence-corrected chi connectivity index (χ1v) is 15.3. The van der Waals surface area contributed by atoms with Gasteiger partial charge in [0.25, 0.3) is 10.0 Å². The maximum atomic E-state index is 14.0. The Kier molecular flexibility index (Phi) is 11.0. The molecule has 0 aromatic heterocycles. The first-order valence-electron chi connectivity index (χ1n) is 12.7. The lowest BCUT2D eigenvalue weighted by Crippen LogP contribution is -2.52. The number of carbonyl (C=O) groups excluding carboxylic acids is 2. The van der Waals surface area contributed by atoms with E-state index >= 15 is 0 Å². The molecule has 3 aromatic rings. The molecule has 214 valence electrons. The summed E-state index contributed by atoms with van der Waals surface area (Å²) in [5.41, 5.74) is 0.966. The van der Waals surface area contributed by atoms with Crippen molar-refractivity contribution < 1.29 is 22.7 Å². The maximum Gasteiger partial charge on any atom is 0.264 e. The maximum absolute atomic E-state index is 14.0. The Morgan fingerprint density at radius 1 is 1.02 bits per heavy atom. The SMILES string of the molecule is CCC(C)NC(=O)C(C)N(Cc1ccc(Br)cc1)C(=O)CN(c1ccc(OC)c(Cl)c1)S(=O)(=O)c1ccccc1. The van der Waals surface area contributed by atoms with Crippen molar-refractivity contribution in [2.24, 2.45) is 0 Å². The van der Waals surface area contributed by atoms with Gasteiger partial charge in [-0.05, 0) is 68.3 Å². The van der Waals surface area contributed by atoms with Gasteiger partial charge in [0.2, 0.25) is 11.8 Å². The molecule has 8 nitrogen and oxygen atoms in total. The zero-order valence-corrected chi connectivity index (χ0v) is 26.0. The summed E-state index contributed by atoms with van der Waals surface area (Å²) in [4.78, 5) is 28.5. The summed E-state index contributed by atoms with van der Waals surface area (Å²) in [6.45, 7) is 5.01. The van der Waals surface area contributed by atoms with Crippen molar-refractivity contribution in [3.63, 3.8) is 0 Å². The lowest BCUT2D eigenvalue weighted by atomic mass is 10.1. The molecule has 0 spiro atoms. The van der Waals surface area contributed by atoms with Gasteiger partial charge in [-0.1, -0.05) is 64.8 Å². The number of hydrogen-bond acceptors (Lipinski definition) is 5. The van der Waals surface area contributed by atoms with Crippen LogP contribution in [0.3, 0.4) is 0 Å². The summed E-state index contributed by atoms with van der Waals surface area (Å²) in [6, 6.07) is 18.7. The van der Waals surface area contributed by atoms with Gasteiger partial charge in [0, 0.05) is 17.1 Å². The summed E-state index contributed by atoms with van der Waals surface area (Å²) in [5, 5.41) is 3.11. The zero-order chi connectivity index (χ0) is 29.4. The highest BCUT2D eigenvalue weighted by molar-refractivity contribution is 9.10. The zero-order valence-electron chi connectivity index (χ0n) is 22.8. The predicted molar refractivity (Wildman–Crippen MR) is 161 cm³/mol. The van der Waals surface area contributed by atoms with Crippen LogP contribution in [0.4, 0.5) is 5.69 Å². The van der Waals surface area contributed by atoms with Gasteiger partial charge in [-0.2, -0.15) is 0 Å². The van der Waals surface area contributed by atoms with Crippen molar-refractivity contribution >= 4 is 55.1 Å². The third-order valence-electron chi connectivity index (χ3n) is 6.47. The van der Waals surface area contributed by atoms with Crippen molar-refractivity contribution in [2.45, 2.75) is 50.7 Å². The van der Waals surface area contributed by atoms with E-state index in [0.717, 1.165) is 20.8 Å². The molecule has 2 unspecified atom stereocenters. The van der Waals surface area contributed by atoms with Crippen LogP contribution in [-0.4, -0.2) is 50.9 Å². The molecule has 2 amide bonds. The molecule has 0 radical (unpaired) electrons. The number of ether oxygens (including phenoxy) is 1. The molecule has 0 aliphatic rings. The molecule has 0 saturated carbocycles. The van der Waals surface area contributed by atoms with Crippen molar-refractivity contribution in [1.82, 2.24) is 10.2 Å². The van der Waals surface area contributed by atoms with Crippen LogP contribution in [0.25, 0.3) is 0 Å². The molecule has 0 heterocycles. The molecule has 1 N–H and O–H groups in total. The summed E-state index contributed by atoms with van der Waals surface area (Å²) < 4.78 is 34.8. The van der Waals surface area contributed by atoms with E-state index in [0.29, 0.717) is 5.75 Å². The van der Waals surface area contributed by atoms with E-state index in [1.807, 2.05) is 38.1 Å². The van der Waals surface area contributed by atoms with E-state index < -0.39 is 28.5 Å². The van der Waals surface area contributed by atoms with E-state index in [4.69, 9.17) is 16.3 Å². The molecular formula is C29H33BrClN3O5S. The quantitative estimate of drug-likeness (QED) is 0.274. The number of amides is 2. The number of nitrogens with one attached hydrogen (secondary N) is 1. The van der Waals surface area contributed by atoms with Crippen LogP contribution in [-0.2, 0) is 26.2 Å². The number of sulfonamides is 1. The fourth-order valence-electron chi connectivity index (χ4n) is 3.89. The minimum atomic E-state index is -4.19. The van der Waals surface area contributed by atoms with Crippen LogP contribution in [0.15, 0.2) is 82.2 Å². The number of rotatable bonds is 12. The van der Waals surface area contributed by atoms with E-state index in [2.05, 4.69) is 21.2 Å². The Hall–Kier alpha value is -3.08. The van der Waals surface area contributed by atoms with Crippen molar-refractivity contribution in [3.05, 3.63) is 87.9 Å². The second kappa shape index (κ2) is 14.0. The second-order valence-corrected chi connectivity index (χ2v) is 12.5. The van der Waals surface area contributed by atoms with Gasteiger partial charge in [0.15, 0.2) is 0 Å². The number of benzene rings is 3. The normalized spacial score (nSPS) is 12.8. The van der Waals surface area contributed by atoms with Crippen LogP contribution in [0, 0.1) is 0 Å². The average molecular weight is 651 g/mol. The largest absolute Gasteiger partial charge is 0.495 e. The van der Waals surface area contributed by atoms with Gasteiger partial charge in [-0.3, -0.25) is 13.9 Å². The van der Waals surface area contributed by atoms with Crippen molar-refractivity contribution in [2.75, 3.05) is 18.0 Å². The highest BCUT2D eigenvalue weighted by Gasteiger charge is 2.33. The van der Waals surface area contributed by atoms with Crippen molar-refractivity contribution in [1.29, 1.82) is 0 Å². The van der Waals surface area contributed by atoms with Crippen molar-refractivity contribution in [3.8, 4) is 5.75 Å². The first-order chi connectivity index (χ1) is 19.0. The molecule has 0 aliphatic carbocycles. The Labute approximate surface area is 249 Å². The van der Waals surface area contributed by atoms with Crippen LogP contribution in [0.1, 0.15) is 32.8 Å². The third-order valence-corrected chi connectivity index (χ3v) is 9.08. The van der Waals surface area contributed by atoms with Gasteiger partial charge < -0.3 is 15.0 Å². The molecule has 0 aliphatic heterocycles. The number of halogens is 2. The molecule has 11 heteroatoms. The smallest absolute Gasteiger partial charge is 0.264 e. The fourth-order valence-corrected chi connectivity index (χ4v) is 5.84. The van der Waals surface area contributed by atoms with E-state index in [-0.39, 0.29) is 34.1 Å². The molecule has 0 saturated heterocycles. The molecule has 40 heavy (non-hydrogen) atoms. The minimum Gasteiger partial charge on any atom is -0.495 e. The Morgan fingerprint density at radius 3 is 2.25 bits per heavy atom. The van der Waals surface area contributed by atoms with Crippen LogP contribution in [0.5, 0.6) is 5.75 Å². The molecule has 0 bridgehead atoms. The van der Waals surface area contributed by atoms with E-state index in [1.165, 1.54) is 42.3 Å². The standard InChI is InChI=1S/C29H33BrClN3O5S/c1-5-20(2)32-29(36)21(3)33(18-22-11-13-23(30)14-12-22)28(35)19-34(24-15-16-27(39-4)26(31)17-24)40(37,38)25-9-7-6-8-10-25/h6-17,20-21H,5,18-19H2,1-4H3,(H,32,36). The number of anilines is 1. The topological polar surface area (TPSA) is 96.0 Å². The lowest BCUT2D eigenvalue weighted by molar-refractivity contribution is -0.139. The van der Waals surface area contributed by atoms with Gasteiger partial charge >= 0.3 is 0 Å². The highest BCUT2D eigenvalue weighted by atomic mass is 79.9. The lowest BCUT2D eigenvalue weighted by Gasteiger charge is -2.32. The van der Waals surface area contributed by atoms with Gasteiger partial charge in [-0.15, -0.1) is 0 Å². The minimum absolute atomic E-state index is 0.0109. The van der Waals surface area contributed by atoms with Gasteiger partial charge in [0.05, 0.1) is 22.7 Å². The second-order valence-electron chi connectivity index (χ2n) is 9.29. The molecule has 3 aromatic carbocycles. The highest BCUT2D eigenvalue weighted by Crippen LogP contribution is 2.32.